The maximum absolute atomic E-state index is 12.4. The molecule has 0 saturated heterocycles. The first-order valence-corrected chi connectivity index (χ1v) is 12.0. The standard InChI is InChI=1S/C26H39N3O6/c1-6-35-26(34)21(12-14-25(32)33)27-15-22(18(4)5)29-24(31)16-28-23(30)13-9-19-7-10-20(11-8-19)17(2)3/h7-11,13,17-18,21-22,27H,6,12,14-16H2,1-5H3,(H,28,30)(H,29,31)(H,32,33)/b13-9+/t21-,22-/m1/s1. The van der Waals surface area contributed by atoms with Crippen LogP contribution >= 0.6 is 0 Å². The van der Waals surface area contributed by atoms with Crippen LogP contribution in [0.1, 0.15) is 64.5 Å². The second kappa shape index (κ2) is 15.7. The van der Waals surface area contributed by atoms with Crippen molar-refractivity contribution < 1.29 is 29.0 Å². The van der Waals surface area contributed by atoms with E-state index in [9.17, 15) is 19.2 Å². The minimum absolute atomic E-state index is 0.0261. The van der Waals surface area contributed by atoms with Crippen molar-refractivity contribution in [2.75, 3.05) is 19.7 Å². The van der Waals surface area contributed by atoms with Crippen LogP contribution in [0.15, 0.2) is 30.3 Å². The summed E-state index contributed by atoms with van der Waals surface area (Å²) in [6.45, 7) is 9.96. The highest BCUT2D eigenvalue weighted by Crippen LogP contribution is 2.15. The van der Waals surface area contributed by atoms with Crippen LogP contribution in [0, 0.1) is 5.92 Å². The lowest BCUT2D eigenvalue weighted by Gasteiger charge is -2.25. The van der Waals surface area contributed by atoms with Gasteiger partial charge in [-0.3, -0.25) is 19.2 Å². The molecule has 1 rings (SSSR count). The number of benzene rings is 1. The van der Waals surface area contributed by atoms with Gasteiger partial charge in [-0.25, -0.2) is 0 Å². The van der Waals surface area contributed by atoms with E-state index in [4.69, 9.17) is 9.84 Å². The third kappa shape index (κ3) is 12.2. The fraction of sp³-hybridized carbons (Fsp3) is 0.538. The van der Waals surface area contributed by atoms with E-state index in [1.165, 1.54) is 11.6 Å². The van der Waals surface area contributed by atoms with Crippen LogP contribution in [0.3, 0.4) is 0 Å². The molecule has 4 N–H and O–H groups in total. The summed E-state index contributed by atoms with van der Waals surface area (Å²) in [4.78, 5) is 47.5. The second-order valence-electron chi connectivity index (χ2n) is 8.94. The van der Waals surface area contributed by atoms with Crippen molar-refractivity contribution in [2.45, 2.75) is 65.5 Å². The number of ether oxygens (including phenoxy) is 1. The second-order valence-corrected chi connectivity index (χ2v) is 8.94. The Kier molecular flexibility index (Phi) is 13.3. The lowest BCUT2D eigenvalue weighted by Crippen LogP contribution is -2.51. The summed E-state index contributed by atoms with van der Waals surface area (Å²) in [6.07, 6.45) is 2.96. The lowest BCUT2D eigenvalue weighted by molar-refractivity contribution is -0.146. The summed E-state index contributed by atoms with van der Waals surface area (Å²) in [5.41, 5.74) is 2.10. The summed E-state index contributed by atoms with van der Waals surface area (Å²) in [5, 5.41) is 17.3. The average molecular weight is 490 g/mol. The quantitative estimate of drug-likeness (QED) is 0.220. The Morgan fingerprint density at radius 2 is 1.71 bits per heavy atom. The van der Waals surface area contributed by atoms with Crippen LogP contribution in [0.25, 0.3) is 6.08 Å². The Balaban J connectivity index is 2.57. The highest BCUT2D eigenvalue weighted by molar-refractivity contribution is 5.94. The van der Waals surface area contributed by atoms with E-state index >= 15 is 0 Å². The summed E-state index contributed by atoms with van der Waals surface area (Å²) >= 11 is 0. The van der Waals surface area contributed by atoms with Gasteiger partial charge in [-0.15, -0.1) is 0 Å². The Morgan fingerprint density at radius 3 is 2.26 bits per heavy atom. The zero-order valence-electron chi connectivity index (χ0n) is 21.3. The zero-order chi connectivity index (χ0) is 26.4. The zero-order valence-corrected chi connectivity index (χ0v) is 21.3. The Labute approximate surface area is 207 Å². The van der Waals surface area contributed by atoms with Crippen molar-refractivity contribution in [3.05, 3.63) is 41.5 Å². The number of hydrogen-bond donors (Lipinski definition) is 4. The topological polar surface area (TPSA) is 134 Å². The highest BCUT2D eigenvalue weighted by Gasteiger charge is 2.23. The molecular weight excluding hydrogens is 450 g/mol. The van der Waals surface area contributed by atoms with E-state index in [1.54, 1.807) is 13.0 Å². The summed E-state index contributed by atoms with van der Waals surface area (Å²) < 4.78 is 5.01. The molecule has 9 nitrogen and oxygen atoms in total. The lowest BCUT2D eigenvalue weighted by atomic mass is 10.0. The molecule has 0 radical (unpaired) electrons. The fourth-order valence-corrected chi connectivity index (χ4v) is 3.18. The predicted octanol–water partition coefficient (Wildman–Crippen LogP) is 2.47. The molecular formula is C26H39N3O6. The number of aliphatic carboxylic acids is 1. The van der Waals surface area contributed by atoms with E-state index in [0.717, 1.165) is 5.56 Å². The molecule has 194 valence electrons. The molecule has 35 heavy (non-hydrogen) atoms. The van der Waals surface area contributed by atoms with Crippen molar-refractivity contribution in [1.29, 1.82) is 0 Å². The van der Waals surface area contributed by atoms with E-state index in [1.807, 2.05) is 38.1 Å². The van der Waals surface area contributed by atoms with E-state index in [-0.39, 0.29) is 56.3 Å². The number of nitrogens with one attached hydrogen (secondary N) is 3. The molecule has 0 aliphatic heterocycles. The molecule has 0 aliphatic carbocycles. The first-order valence-electron chi connectivity index (χ1n) is 12.0. The summed E-state index contributed by atoms with van der Waals surface area (Å²) in [6, 6.07) is 6.78. The molecule has 0 aliphatic rings. The van der Waals surface area contributed by atoms with Crippen LogP contribution in [-0.2, 0) is 23.9 Å². The fourth-order valence-electron chi connectivity index (χ4n) is 3.18. The Bertz CT molecular complexity index is 864. The number of carboxylic acids is 1. The molecule has 0 heterocycles. The van der Waals surface area contributed by atoms with Crippen molar-refractivity contribution in [1.82, 2.24) is 16.0 Å². The first kappa shape index (κ1) is 29.8. The normalized spacial score (nSPS) is 13.0. The minimum Gasteiger partial charge on any atom is -0.481 e. The van der Waals surface area contributed by atoms with Gasteiger partial charge >= 0.3 is 11.9 Å². The minimum atomic E-state index is -1.01. The Morgan fingerprint density at radius 1 is 1.06 bits per heavy atom. The highest BCUT2D eigenvalue weighted by atomic mass is 16.5. The molecule has 0 spiro atoms. The van der Waals surface area contributed by atoms with Crippen molar-refractivity contribution in [3.63, 3.8) is 0 Å². The maximum Gasteiger partial charge on any atom is 0.323 e. The molecule has 2 atom stereocenters. The van der Waals surface area contributed by atoms with Crippen molar-refractivity contribution in [3.8, 4) is 0 Å². The molecule has 0 aromatic heterocycles. The van der Waals surface area contributed by atoms with Gasteiger partial charge in [-0.1, -0.05) is 52.0 Å². The number of esters is 1. The van der Waals surface area contributed by atoms with Gasteiger partial charge in [0.05, 0.1) is 13.2 Å². The number of hydrogen-bond acceptors (Lipinski definition) is 6. The third-order valence-corrected chi connectivity index (χ3v) is 5.41. The summed E-state index contributed by atoms with van der Waals surface area (Å²) in [5.74, 6) is -1.83. The average Bonchev–Trinajstić information content (AvgIpc) is 2.80. The molecule has 0 saturated carbocycles. The molecule has 1 aromatic rings. The van der Waals surface area contributed by atoms with E-state index < -0.39 is 18.0 Å². The molecule has 0 unspecified atom stereocenters. The SMILES string of the molecule is CCOC(=O)[C@@H](CCC(=O)O)NC[C@@H](NC(=O)CNC(=O)/C=C/c1ccc(C(C)C)cc1)C(C)C. The van der Waals surface area contributed by atoms with Gasteiger partial charge in [-0.05, 0) is 42.4 Å². The molecule has 0 bridgehead atoms. The van der Waals surface area contributed by atoms with Crippen molar-refractivity contribution in [2.24, 2.45) is 5.92 Å². The number of carbonyl (C=O) groups excluding carboxylic acids is 3. The van der Waals surface area contributed by atoms with Crippen LogP contribution in [0.4, 0.5) is 0 Å². The third-order valence-electron chi connectivity index (χ3n) is 5.41. The van der Waals surface area contributed by atoms with Crippen LogP contribution in [0.5, 0.6) is 0 Å². The number of rotatable bonds is 15. The predicted molar refractivity (Wildman–Crippen MR) is 135 cm³/mol. The molecule has 1 aromatic carbocycles. The molecule has 9 heteroatoms. The van der Waals surface area contributed by atoms with Gasteiger partial charge in [-0.2, -0.15) is 0 Å². The Hall–Kier alpha value is -3.20. The van der Waals surface area contributed by atoms with Gasteiger partial charge in [0.2, 0.25) is 11.8 Å². The first-order chi connectivity index (χ1) is 16.5. The van der Waals surface area contributed by atoms with Gasteiger partial charge in [0.1, 0.15) is 6.04 Å². The van der Waals surface area contributed by atoms with Crippen LogP contribution < -0.4 is 16.0 Å². The van der Waals surface area contributed by atoms with Gasteiger partial charge in [0.15, 0.2) is 0 Å². The smallest absolute Gasteiger partial charge is 0.323 e. The largest absolute Gasteiger partial charge is 0.481 e. The monoisotopic (exact) mass is 489 g/mol. The van der Waals surface area contributed by atoms with E-state index in [0.29, 0.717) is 5.92 Å². The number of carboxylic acid groups (broad SMARTS) is 1. The number of carbonyl (C=O) groups is 4. The van der Waals surface area contributed by atoms with Crippen LogP contribution in [-0.4, -0.2) is 60.6 Å². The number of amides is 2. The molecule has 2 amide bonds. The van der Waals surface area contributed by atoms with Crippen LogP contribution in [0.2, 0.25) is 0 Å². The maximum atomic E-state index is 12.4. The molecule has 0 fully saturated rings. The van der Waals surface area contributed by atoms with Crippen molar-refractivity contribution >= 4 is 29.8 Å². The van der Waals surface area contributed by atoms with Gasteiger partial charge in [0, 0.05) is 25.1 Å². The van der Waals surface area contributed by atoms with E-state index in [2.05, 4.69) is 29.8 Å². The summed E-state index contributed by atoms with van der Waals surface area (Å²) in [7, 11) is 0. The van der Waals surface area contributed by atoms with Gasteiger partial charge in [0.25, 0.3) is 0 Å². The van der Waals surface area contributed by atoms with Gasteiger partial charge < -0.3 is 25.8 Å².